The lowest BCUT2D eigenvalue weighted by atomic mass is 9.97. The maximum absolute atomic E-state index is 5.21. The molecule has 0 heteroatoms. The zero-order chi connectivity index (χ0) is 9.10. The normalized spacial score (nSPS) is 29.0. The Kier molecular flexibility index (Phi) is 2.54. The Morgan fingerprint density at radius 1 is 1.38 bits per heavy atom. The van der Waals surface area contributed by atoms with E-state index >= 15 is 0 Å². The van der Waals surface area contributed by atoms with Gasteiger partial charge in [0.2, 0.25) is 0 Å². The summed E-state index contributed by atoms with van der Waals surface area (Å²) in [6.07, 6.45) is 18.4. The van der Waals surface area contributed by atoms with Crippen LogP contribution >= 0.6 is 0 Å². The van der Waals surface area contributed by atoms with E-state index in [1.54, 1.807) is 5.57 Å². The van der Waals surface area contributed by atoms with Crippen molar-refractivity contribution in [2.24, 2.45) is 11.8 Å². The van der Waals surface area contributed by atoms with Crippen LogP contribution in [0.2, 0.25) is 0 Å². The Hall–Kier alpha value is -0.960. The lowest BCUT2D eigenvalue weighted by Gasteiger charge is -2.08. The van der Waals surface area contributed by atoms with Crippen LogP contribution in [0.3, 0.4) is 0 Å². The van der Waals surface area contributed by atoms with Crippen LogP contribution in [-0.2, 0) is 0 Å². The van der Waals surface area contributed by atoms with Crippen molar-refractivity contribution in [3.05, 3.63) is 23.8 Å². The topological polar surface area (TPSA) is 0 Å². The summed E-state index contributed by atoms with van der Waals surface area (Å²) in [5.74, 6) is 4.25. The second-order valence-corrected chi connectivity index (χ2v) is 4.04. The van der Waals surface area contributed by atoms with Gasteiger partial charge in [0.15, 0.2) is 0 Å². The summed E-state index contributed by atoms with van der Waals surface area (Å²) >= 11 is 0. The summed E-state index contributed by atoms with van der Waals surface area (Å²) in [5, 5.41) is 0. The predicted molar refractivity (Wildman–Crippen MR) is 56.1 cm³/mol. The Morgan fingerprint density at radius 2 is 2.31 bits per heavy atom. The summed E-state index contributed by atoms with van der Waals surface area (Å²) in [6.45, 7) is 0. The molecule has 0 amide bonds. The van der Waals surface area contributed by atoms with Crippen molar-refractivity contribution < 1.29 is 0 Å². The first kappa shape index (κ1) is 8.63. The molecule has 0 spiro atoms. The van der Waals surface area contributed by atoms with Gasteiger partial charge >= 0.3 is 0 Å². The molecule has 0 aromatic rings. The van der Waals surface area contributed by atoms with Gasteiger partial charge in [0.1, 0.15) is 0 Å². The van der Waals surface area contributed by atoms with E-state index in [1.807, 2.05) is 0 Å². The molecule has 0 aromatic carbocycles. The van der Waals surface area contributed by atoms with Crippen LogP contribution in [0.15, 0.2) is 23.8 Å². The fourth-order valence-corrected chi connectivity index (χ4v) is 2.35. The van der Waals surface area contributed by atoms with E-state index in [0.717, 1.165) is 18.3 Å². The van der Waals surface area contributed by atoms with Gasteiger partial charge in [0.25, 0.3) is 0 Å². The average molecular weight is 172 g/mol. The highest BCUT2D eigenvalue weighted by atomic mass is 14.3. The largest absolute Gasteiger partial charge is 0.120 e. The van der Waals surface area contributed by atoms with Gasteiger partial charge in [0, 0.05) is 6.42 Å². The van der Waals surface area contributed by atoms with Crippen molar-refractivity contribution in [1.82, 2.24) is 0 Å². The average Bonchev–Trinajstić information content (AvgIpc) is 2.73. The molecule has 0 fully saturated rings. The van der Waals surface area contributed by atoms with Crippen molar-refractivity contribution in [3.63, 3.8) is 0 Å². The molecule has 0 heterocycles. The molecule has 2 aliphatic carbocycles. The van der Waals surface area contributed by atoms with Crippen LogP contribution in [0.4, 0.5) is 0 Å². The van der Waals surface area contributed by atoms with Gasteiger partial charge in [-0.25, -0.2) is 0 Å². The summed E-state index contributed by atoms with van der Waals surface area (Å²) in [5.41, 5.74) is 1.67. The van der Waals surface area contributed by atoms with Crippen LogP contribution < -0.4 is 0 Å². The lowest BCUT2D eigenvalue weighted by Crippen LogP contribution is -1.93. The quantitative estimate of drug-likeness (QED) is 0.347. The molecule has 0 saturated heterocycles. The predicted octanol–water partition coefficient (Wildman–Crippen LogP) is 3.31. The Bertz CT molecular complexity index is 275. The third-order valence-electron chi connectivity index (χ3n) is 3.06. The van der Waals surface area contributed by atoms with E-state index < -0.39 is 0 Å². The van der Waals surface area contributed by atoms with Crippen LogP contribution in [0.25, 0.3) is 0 Å². The molecule has 2 unspecified atom stereocenters. The highest BCUT2D eigenvalue weighted by Gasteiger charge is 2.26. The van der Waals surface area contributed by atoms with Gasteiger partial charge in [0.05, 0.1) is 0 Å². The number of rotatable bonds is 4. The lowest BCUT2D eigenvalue weighted by molar-refractivity contribution is 0.664. The summed E-state index contributed by atoms with van der Waals surface area (Å²) < 4.78 is 0. The van der Waals surface area contributed by atoms with E-state index in [2.05, 4.69) is 24.1 Å². The number of fused-ring (bicyclic) bond motifs is 2. The molecule has 13 heavy (non-hydrogen) atoms. The van der Waals surface area contributed by atoms with Gasteiger partial charge in [-0.1, -0.05) is 23.8 Å². The summed E-state index contributed by atoms with van der Waals surface area (Å²) in [4.78, 5) is 0. The van der Waals surface area contributed by atoms with E-state index in [1.165, 1.54) is 25.7 Å². The first-order valence-electron chi connectivity index (χ1n) is 5.22. The van der Waals surface area contributed by atoms with Crippen molar-refractivity contribution in [2.45, 2.75) is 32.1 Å². The fourth-order valence-electron chi connectivity index (χ4n) is 2.35. The van der Waals surface area contributed by atoms with E-state index in [-0.39, 0.29) is 0 Å². The zero-order valence-electron chi connectivity index (χ0n) is 8.00. The van der Waals surface area contributed by atoms with Crippen LogP contribution in [0.5, 0.6) is 0 Å². The zero-order valence-corrected chi connectivity index (χ0v) is 8.00. The standard InChI is InChI=1S/C13H16/c1-2-3-4-5-6-12-9-11-7-8-13(12)10-11/h1,7-9,11,13H,3-6,10H2. The van der Waals surface area contributed by atoms with Crippen LogP contribution in [-0.4, -0.2) is 0 Å². The number of terminal acetylenes is 1. The van der Waals surface area contributed by atoms with E-state index in [0.29, 0.717) is 0 Å². The second kappa shape index (κ2) is 3.83. The van der Waals surface area contributed by atoms with Crippen molar-refractivity contribution in [2.75, 3.05) is 0 Å². The first-order chi connectivity index (χ1) is 6.40. The molecule has 0 aliphatic heterocycles. The Morgan fingerprint density at radius 3 is 2.92 bits per heavy atom. The van der Waals surface area contributed by atoms with E-state index in [9.17, 15) is 0 Å². The smallest absolute Gasteiger partial charge is 0.00861 e. The monoisotopic (exact) mass is 172 g/mol. The Labute approximate surface area is 80.7 Å². The molecule has 0 radical (unpaired) electrons. The summed E-state index contributed by atoms with van der Waals surface area (Å²) in [7, 11) is 0. The Balaban J connectivity index is 1.73. The van der Waals surface area contributed by atoms with Gasteiger partial charge < -0.3 is 0 Å². The number of hydrogen-bond donors (Lipinski definition) is 0. The highest BCUT2D eigenvalue weighted by Crippen LogP contribution is 2.40. The number of hydrogen-bond acceptors (Lipinski definition) is 0. The minimum atomic E-state index is 0.771. The first-order valence-corrected chi connectivity index (χ1v) is 5.22. The molecule has 0 N–H and O–H groups in total. The van der Waals surface area contributed by atoms with Gasteiger partial charge in [-0.15, -0.1) is 12.3 Å². The highest BCUT2D eigenvalue weighted by molar-refractivity contribution is 5.29. The maximum atomic E-state index is 5.21. The van der Waals surface area contributed by atoms with Crippen molar-refractivity contribution in [3.8, 4) is 12.3 Å². The minimum absolute atomic E-state index is 0.771. The van der Waals surface area contributed by atoms with Gasteiger partial charge in [-0.05, 0) is 37.5 Å². The molecular formula is C13H16. The van der Waals surface area contributed by atoms with Gasteiger partial charge in [-0.3, -0.25) is 0 Å². The summed E-state index contributed by atoms with van der Waals surface area (Å²) in [6, 6.07) is 0. The minimum Gasteiger partial charge on any atom is -0.120 e. The molecule has 2 aliphatic rings. The van der Waals surface area contributed by atoms with Gasteiger partial charge in [-0.2, -0.15) is 0 Å². The molecule has 2 rings (SSSR count). The maximum Gasteiger partial charge on any atom is 0.00861 e. The molecule has 2 atom stereocenters. The molecule has 0 aromatic heterocycles. The number of allylic oxidation sites excluding steroid dienone is 4. The second-order valence-electron chi connectivity index (χ2n) is 4.04. The molecule has 0 nitrogen and oxygen atoms in total. The molecule has 68 valence electrons. The van der Waals surface area contributed by atoms with Crippen LogP contribution in [0.1, 0.15) is 32.1 Å². The fraction of sp³-hybridized carbons (Fsp3) is 0.538. The molecule has 0 saturated carbocycles. The molecular weight excluding hydrogens is 156 g/mol. The third kappa shape index (κ3) is 1.86. The van der Waals surface area contributed by atoms with Crippen molar-refractivity contribution in [1.29, 1.82) is 0 Å². The SMILES string of the molecule is C#CCCCCC1=CC2C=CC1C2. The molecule has 2 bridgehead atoms. The third-order valence-corrected chi connectivity index (χ3v) is 3.06. The van der Waals surface area contributed by atoms with Crippen molar-refractivity contribution >= 4 is 0 Å². The van der Waals surface area contributed by atoms with Crippen LogP contribution in [0, 0.1) is 24.2 Å². The number of unbranched alkanes of at least 4 members (excludes halogenated alkanes) is 2. The van der Waals surface area contributed by atoms with E-state index in [4.69, 9.17) is 6.42 Å².